The quantitative estimate of drug-likeness (QED) is 0.731. The van der Waals surface area contributed by atoms with Crippen LogP contribution < -0.4 is 5.73 Å². The number of aryl methyl sites for hydroxylation is 1. The molecule has 0 aliphatic rings. The van der Waals surface area contributed by atoms with Gasteiger partial charge >= 0.3 is 0 Å². The molecule has 0 radical (unpaired) electrons. The van der Waals surface area contributed by atoms with E-state index in [1.165, 1.54) is 0 Å². The van der Waals surface area contributed by atoms with Crippen molar-refractivity contribution in [3.8, 4) is 5.75 Å². The first kappa shape index (κ1) is 13.0. The zero-order valence-electron chi connectivity index (χ0n) is 10.2. The highest BCUT2D eigenvalue weighted by molar-refractivity contribution is 5.42. The minimum atomic E-state index is -0.441. The van der Waals surface area contributed by atoms with Crippen LogP contribution in [0.5, 0.6) is 5.75 Å². The van der Waals surface area contributed by atoms with Gasteiger partial charge in [0.25, 0.3) is 0 Å². The van der Waals surface area contributed by atoms with Crippen molar-refractivity contribution in [2.24, 2.45) is 11.1 Å². The Morgan fingerprint density at radius 2 is 2.00 bits per heavy atom. The van der Waals surface area contributed by atoms with Crippen molar-refractivity contribution in [1.82, 2.24) is 0 Å². The largest absolute Gasteiger partial charge is 0.507 e. The van der Waals surface area contributed by atoms with Crippen molar-refractivity contribution in [3.63, 3.8) is 0 Å². The number of rotatable bonds is 4. The van der Waals surface area contributed by atoms with E-state index in [0.29, 0.717) is 5.56 Å². The van der Waals surface area contributed by atoms with E-state index in [2.05, 4.69) is 0 Å². The van der Waals surface area contributed by atoms with E-state index in [9.17, 15) is 10.2 Å². The maximum atomic E-state index is 10.1. The smallest absolute Gasteiger partial charge is 0.123 e. The predicted molar refractivity (Wildman–Crippen MR) is 65.3 cm³/mol. The van der Waals surface area contributed by atoms with Crippen molar-refractivity contribution in [2.45, 2.75) is 33.2 Å². The lowest BCUT2D eigenvalue weighted by atomic mass is 9.81. The van der Waals surface area contributed by atoms with Crippen LogP contribution in [0.3, 0.4) is 0 Å². The summed E-state index contributed by atoms with van der Waals surface area (Å²) in [5.41, 5.74) is 7.24. The third-order valence-corrected chi connectivity index (χ3v) is 3.12. The standard InChI is InChI=1S/C13H21NO2/c1-4-9-6-5-7-10(11(9)16)12(14)13(2,3)8-15/h5-7,12,15-16H,4,8,14H2,1-3H3/t12-/m1/s1. The maximum Gasteiger partial charge on any atom is 0.123 e. The molecular weight excluding hydrogens is 202 g/mol. The molecule has 3 heteroatoms. The van der Waals surface area contributed by atoms with Crippen molar-refractivity contribution < 1.29 is 10.2 Å². The van der Waals surface area contributed by atoms with Crippen LogP contribution in [-0.4, -0.2) is 16.8 Å². The molecule has 3 nitrogen and oxygen atoms in total. The summed E-state index contributed by atoms with van der Waals surface area (Å²) >= 11 is 0. The molecule has 0 fully saturated rings. The average Bonchev–Trinajstić information content (AvgIpc) is 2.28. The minimum Gasteiger partial charge on any atom is -0.507 e. The Hall–Kier alpha value is -1.06. The highest BCUT2D eigenvalue weighted by Crippen LogP contribution is 2.36. The van der Waals surface area contributed by atoms with Gasteiger partial charge in [-0.1, -0.05) is 39.0 Å². The fourth-order valence-electron chi connectivity index (χ4n) is 1.67. The second-order valence-electron chi connectivity index (χ2n) is 4.83. The first-order valence-corrected chi connectivity index (χ1v) is 5.61. The molecule has 0 saturated carbocycles. The summed E-state index contributed by atoms with van der Waals surface area (Å²) in [5, 5.41) is 19.3. The highest BCUT2D eigenvalue weighted by Gasteiger charge is 2.29. The molecule has 4 N–H and O–H groups in total. The van der Waals surface area contributed by atoms with Gasteiger partial charge in [-0.05, 0) is 12.0 Å². The number of phenols is 1. The van der Waals surface area contributed by atoms with Crippen molar-refractivity contribution in [1.29, 1.82) is 0 Å². The third-order valence-electron chi connectivity index (χ3n) is 3.12. The topological polar surface area (TPSA) is 66.5 Å². The summed E-state index contributed by atoms with van der Waals surface area (Å²) in [6, 6.07) is 5.22. The molecule has 90 valence electrons. The number of para-hydroxylation sites is 1. The van der Waals surface area contributed by atoms with E-state index in [1.807, 2.05) is 39.0 Å². The lowest BCUT2D eigenvalue weighted by molar-refractivity contribution is 0.131. The van der Waals surface area contributed by atoms with Gasteiger partial charge < -0.3 is 15.9 Å². The minimum absolute atomic E-state index is 0.00996. The summed E-state index contributed by atoms with van der Waals surface area (Å²) in [7, 11) is 0. The van der Waals surface area contributed by atoms with E-state index >= 15 is 0 Å². The first-order valence-electron chi connectivity index (χ1n) is 5.61. The van der Waals surface area contributed by atoms with Gasteiger partial charge in [-0.15, -0.1) is 0 Å². The molecular formula is C13H21NO2. The lowest BCUT2D eigenvalue weighted by Crippen LogP contribution is -2.32. The normalized spacial score (nSPS) is 13.8. The average molecular weight is 223 g/mol. The molecule has 1 atom stereocenters. The third kappa shape index (κ3) is 2.36. The van der Waals surface area contributed by atoms with Gasteiger partial charge in [0.2, 0.25) is 0 Å². The van der Waals surface area contributed by atoms with E-state index < -0.39 is 5.41 Å². The molecule has 1 aromatic rings. The maximum absolute atomic E-state index is 10.1. The van der Waals surface area contributed by atoms with Crippen molar-refractivity contribution >= 4 is 0 Å². The molecule has 1 rings (SSSR count). The van der Waals surface area contributed by atoms with Gasteiger partial charge in [0.15, 0.2) is 0 Å². The molecule has 0 amide bonds. The lowest BCUT2D eigenvalue weighted by Gasteiger charge is -2.30. The van der Waals surface area contributed by atoms with E-state index in [-0.39, 0.29) is 18.4 Å². The Balaban J connectivity index is 3.14. The molecule has 0 spiro atoms. The van der Waals surface area contributed by atoms with Gasteiger partial charge in [0.1, 0.15) is 5.75 Å². The molecule has 0 aliphatic heterocycles. The van der Waals surface area contributed by atoms with Crippen LogP contribution in [0.2, 0.25) is 0 Å². The fraction of sp³-hybridized carbons (Fsp3) is 0.538. The molecule has 0 aliphatic carbocycles. The van der Waals surface area contributed by atoms with Crippen LogP contribution in [0.25, 0.3) is 0 Å². The van der Waals surface area contributed by atoms with Crippen molar-refractivity contribution in [2.75, 3.05) is 6.61 Å². The number of hydrogen-bond acceptors (Lipinski definition) is 3. The predicted octanol–water partition coefficient (Wildman–Crippen LogP) is 1.97. The summed E-state index contributed by atoms with van der Waals surface area (Å²) in [4.78, 5) is 0. The van der Waals surface area contributed by atoms with Gasteiger partial charge in [-0.25, -0.2) is 0 Å². The number of aliphatic hydroxyl groups excluding tert-OH is 1. The highest BCUT2D eigenvalue weighted by atomic mass is 16.3. The second-order valence-corrected chi connectivity index (χ2v) is 4.83. The molecule has 0 unspecified atom stereocenters. The summed E-state index contributed by atoms with van der Waals surface area (Å²) in [6.45, 7) is 5.75. The number of phenolic OH excluding ortho intramolecular Hbond substituents is 1. The summed E-state index contributed by atoms with van der Waals surface area (Å²) in [5.74, 6) is 0.263. The zero-order chi connectivity index (χ0) is 12.3. The second kappa shape index (κ2) is 4.85. The van der Waals surface area contributed by atoms with Crippen LogP contribution in [0, 0.1) is 5.41 Å². The summed E-state index contributed by atoms with van der Waals surface area (Å²) in [6.07, 6.45) is 0.770. The molecule has 1 aromatic carbocycles. The Labute approximate surface area is 96.9 Å². The molecule has 0 aromatic heterocycles. The number of aromatic hydroxyl groups is 1. The first-order chi connectivity index (χ1) is 7.44. The number of benzene rings is 1. The van der Waals surface area contributed by atoms with Gasteiger partial charge in [-0.2, -0.15) is 0 Å². The molecule has 16 heavy (non-hydrogen) atoms. The zero-order valence-corrected chi connectivity index (χ0v) is 10.2. The SMILES string of the molecule is CCc1cccc([C@@H](N)C(C)(C)CO)c1O. The summed E-state index contributed by atoms with van der Waals surface area (Å²) < 4.78 is 0. The van der Waals surface area contributed by atoms with Crippen LogP contribution in [0.15, 0.2) is 18.2 Å². The van der Waals surface area contributed by atoms with E-state index in [0.717, 1.165) is 12.0 Å². The molecule has 0 saturated heterocycles. The van der Waals surface area contributed by atoms with Crippen LogP contribution in [-0.2, 0) is 6.42 Å². The van der Waals surface area contributed by atoms with E-state index in [4.69, 9.17) is 5.73 Å². The Bertz CT molecular complexity index is 361. The van der Waals surface area contributed by atoms with Gasteiger partial charge in [0.05, 0.1) is 0 Å². The Morgan fingerprint density at radius 1 is 1.38 bits per heavy atom. The van der Waals surface area contributed by atoms with Gasteiger partial charge in [0, 0.05) is 23.6 Å². The number of aliphatic hydroxyl groups is 1. The molecule has 0 bridgehead atoms. The number of hydrogen-bond donors (Lipinski definition) is 3. The number of nitrogens with two attached hydrogens (primary N) is 1. The fourth-order valence-corrected chi connectivity index (χ4v) is 1.67. The van der Waals surface area contributed by atoms with Crippen LogP contribution in [0.4, 0.5) is 0 Å². The Morgan fingerprint density at radius 3 is 2.50 bits per heavy atom. The van der Waals surface area contributed by atoms with Gasteiger partial charge in [-0.3, -0.25) is 0 Å². The van der Waals surface area contributed by atoms with Crippen LogP contribution in [0.1, 0.15) is 37.9 Å². The van der Waals surface area contributed by atoms with Crippen LogP contribution >= 0.6 is 0 Å². The Kier molecular flexibility index (Phi) is 3.94. The van der Waals surface area contributed by atoms with Crippen molar-refractivity contribution in [3.05, 3.63) is 29.3 Å². The monoisotopic (exact) mass is 223 g/mol. The molecule has 0 heterocycles. The van der Waals surface area contributed by atoms with E-state index in [1.54, 1.807) is 0 Å².